The summed E-state index contributed by atoms with van der Waals surface area (Å²) in [6, 6.07) is 11.7. The SMILES string of the molecule is Cc1cc(Nc2nc(C(OCCC(C)(C)O)c3ccc(F)cc3)nn3cccc23)n[nH]1. The van der Waals surface area contributed by atoms with Crippen LogP contribution in [0.4, 0.5) is 16.0 Å². The van der Waals surface area contributed by atoms with Crippen LogP contribution in [0.5, 0.6) is 0 Å². The fourth-order valence-corrected chi connectivity index (χ4v) is 3.14. The molecule has 4 rings (SSSR count). The molecule has 0 bridgehead atoms. The molecule has 0 aliphatic carbocycles. The molecule has 0 aliphatic rings. The molecule has 31 heavy (non-hydrogen) atoms. The van der Waals surface area contributed by atoms with Gasteiger partial charge in [0.15, 0.2) is 17.5 Å². The Bertz CT molecular complexity index is 1160. The van der Waals surface area contributed by atoms with Crippen molar-refractivity contribution in [3.8, 4) is 0 Å². The van der Waals surface area contributed by atoms with E-state index in [0.717, 1.165) is 11.2 Å². The molecule has 3 N–H and O–H groups in total. The number of hydrogen-bond acceptors (Lipinski definition) is 6. The highest BCUT2D eigenvalue weighted by atomic mass is 19.1. The number of aromatic nitrogens is 5. The maximum absolute atomic E-state index is 13.5. The van der Waals surface area contributed by atoms with Crippen LogP contribution < -0.4 is 5.32 Å². The van der Waals surface area contributed by atoms with Crippen LogP contribution in [0.25, 0.3) is 5.52 Å². The third-order valence-electron chi connectivity index (χ3n) is 4.77. The van der Waals surface area contributed by atoms with Crippen molar-refractivity contribution < 1.29 is 14.2 Å². The molecule has 1 atom stereocenters. The summed E-state index contributed by atoms with van der Waals surface area (Å²) in [6.07, 6.45) is 1.60. The lowest BCUT2D eigenvalue weighted by Crippen LogP contribution is -2.22. The van der Waals surface area contributed by atoms with Crippen molar-refractivity contribution in [2.75, 3.05) is 11.9 Å². The first-order valence-electron chi connectivity index (χ1n) is 10.0. The number of ether oxygens (including phenoxy) is 1. The third-order valence-corrected chi connectivity index (χ3v) is 4.77. The molecule has 1 unspecified atom stereocenters. The van der Waals surface area contributed by atoms with Crippen LogP contribution in [0.1, 0.15) is 43.5 Å². The zero-order valence-electron chi connectivity index (χ0n) is 17.6. The van der Waals surface area contributed by atoms with E-state index in [0.29, 0.717) is 29.4 Å². The summed E-state index contributed by atoms with van der Waals surface area (Å²) in [6.45, 7) is 5.64. The minimum Gasteiger partial charge on any atom is -0.390 e. The lowest BCUT2D eigenvalue weighted by Gasteiger charge is -2.21. The van der Waals surface area contributed by atoms with E-state index >= 15 is 0 Å². The maximum Gasteiger partial charge on any atom is 0.184 e. The normalized spacial score (nSPS) is 12.9. The van der Waals surface area contributed by atoms with Crippen LogP contribution in [0.15, 0.2) is 48.7 Å². The minimum atomic E-state index is -0.872. The average molecular weight is 424 g/mol. The highest BCUT2D eigenvalue weighted by Gasteiger charge is 2.23. The van der Waals surface area contributed by atoms with E-state index in [9.17, 15) is 9.50 Å². The van der Waals surface area contributed by atoms with Gasteiger partial charge in [0.25, 0.3) is 0 Å². The number of aliphatic hydroxyl groups is 1. The van der Waals surface area contributed by atoms with Gasteiger partial charge in [-0.15, -0.1) is 5.10 Å². The van der Waals surface area contributed by atoms with Crippen LogP contribution in [0.3, 0.4) is 0 Å². The van der Waals surface area contributed by atoms with Gasteiger partial charge in [-0.1, -0.05) is 12.1 Å². The van der Waals surface area contributed by atoms with Gasteiger partial charge in [-0.05, 0) is 57.0 Å². The first kappa shape index (κ1) is 21.0. The molecular formula is C22H25FN6O2. The summed E-state index contributed by atoms with van der Waals surface area (Å²) in [5.41, 5.74) is 1.54. The Morgan fingerprint density at radius 2 is 2.03 bits per heavy atom. The monoisotopic (exact) mass is 424 g/mol. The fourth-order valence-electron chi connectivity index (χ4n) is 3.14. The number of fused-ring (bicyclic) bond motifs is 1. The molecule has 3 heterocycles. The molecule has 0 saturated carbocycles. The molecule has 0 spiro atoms. The van der Waals surface area contributed by atoms with Crippen LogP contribution >= 0.6 is 0 Å². The Labute approximate surface area is 179 Å². The highest BCUT2D eigenvalue weighted by Crippen LogP contribution is 2.28. The Morgan fingerprint density at radius 1 is 1.26 bits per heavy atom. The number of anilines is 2. The number of hydrogen-bond donors (Lipinski definition) is 3. The van der Waals surface area contributed by atoms with Gasteiger partial charge in [0, 0.05) is 18.0 Å². The Hall–Kier alpha value is -3.30. The number of benzene rings is 1. The van der Waals surface area contributed by atoms with Crippen LogP contribution in [-0.2, 0) is 4.74 Å². The largest absolute Gasteiger partial charge is 0.390 e. The summed E-state index contributed by atoms with van der Waals surface area (Å²) in [7, 11) is 0. The molecule has 9 heteroatoms. The fraction of sp³-hybridized carbons (Fsp3) is 0.318. The number of H-pyrrole nitrogens is 1. The van der Waals surface area contributed by atoms with E-state index < -0.39 is 11.7 Å². The smallest absolute Gasteiger partial charge is 0.184 e. The number of nitrogens with one attached hydrogen (secondary N) is 2. The summed E-state index contributed by atoms with van der Waals surface area (Å²) in [4.78, 5) is 4.71. The predicted molar refractivity (Wildman–Crippen MR) is 115 cm³/mol. The second-order valence-electron chi connectivity index (χ2n) is 8.08. The van der Waals surface area contributed by atoms with E-state index in [1.807, 2.05) is 31.3 Å². The minimum absolute atomic E-state index is 0.278. The molecule has 3 aromatic heterocycles. The topological polar surface area (TPSA) is 100 Å². The van der Waals surface area contributed by atoms with E-state index in [4.69, 9.17) is 9.72 Å². The van der Waals surface area contributed by atoms with Crippen molar-refractivity contribution in [1.82, 2.24) is 24.8 Å². The Balaban J connectivity index is 1.72. The van der Waals surface area contributed by atoms with Crippen molar-refractivity contribution in [1.29, 1.82) is 0 Å². The van der Waals surface area contributed by atoms with Gasteiger partial charge in [-0.3, -0.25) is 5.10 Å². The molecule has 1 aromatic carbocycles. The van der Waals surface area contributed by atoms with Crippen LogP contribution in [0, 0.1) is 12.7 Å². The van der Waals surface area contributed by atoms with Crippen LogP contribution in [0.2, 0.25) is 0 Å². The quantitative estimate of drug-likeness (QED) is 0.397. The molecule has 4 aromatic rings. The Morgan fingerprint density at radius 3 is 2.71 bits per heavy atom. The van der Waals surface area contributed by atoms with Gasteiger partial charge in [0.05, 0.1) is 12.2 Å². The van der Waals surface area contributed by atoms with Gasteiger partial charge in [-0.25, -0.2) is 13.9 Å². The van der Waals surface area contributed by atoms with Crippen molar-refractivity contribution in [2.45, 2.75) is 38.9 Å². The first-order valence-corrected chi connectivity index (χ1v) is 10.0. The second-order valence-corrected chi connectivity index (χ2v) is 8.08. The molecule has 0 aliphatic heterocycles. The van der Waals surface area contributed by atoms with Crippen molar-refractivity contribution in [2.24, 2.45) is 0 Å². The van der Waals surface area contributed by atoms with Crippen molar-refractivity contribution >= 4 is 17.2 Å². The standard InChI is InChI=1S/C22H25FN6O2/c1-14-13-18(27-26-14)24-20-17-5-4-11-29(17)28-21(25-20)19(31-12-10-22(2,3)30)15-6-8-16(23)9-7-15/h4-9,11,13,19,30H,10,12H2,1-3H3,(H2,24,25,26,27,28). The zero-order valence-corrected chi connectivity index (χ0v) is 17.6. The highest BCUT2D eigenvalue weighted by molar-refractivity contribution is 5.72. The second kappa shape index (κ2) is 8.44. The molecule has 0 radical (unpaired) electrons. The van der Waals surface area contributed by atoms with E-state index in [1.165, 1.54) is 12.1 Å². The average Bonchev–Trinajstić information content (AvgIpc) is 3.34. The van der Waals surface area contributed by atoms with E-state index in [-0.39, 0.29) is 12.4 Å². The lowest BCUT2D eigenvalue weighted by molar-refractivity contribution is 0.00713. The number of nitrogens with zero attached hydrogens (tertiary/aromatic N) is 4. The van der Waals surface area contributed by atoms with Crippen molar-refractivity contribution in [3.05, 3.63) is 71.6 Å². The van der Waals surface area contributed by atoms with Gasteiger partial charge >= 0.3 is 0 Å². The third kappa shape index (κ3) is 5.07. The van der Waals surface area contributed by atoms with E-state index in [2.05, 4.69) is 20.6 Å². The summed E-state index contributed by atoms with van der Waals surface area (Å²) in [5.74, 6) is 1.27. The maximum atomic E-state index is 13.5. The van der Waals surface area contributed by atoms with Gasteiger partial charge in [0.1, 0.15) is 17.4 Å². The molecule has 8 nitrogen and oxygen atoms in total. The predicted octanol–water partition coefficient (Wildman–Crippen LogP) is 3.91. The molecule has 0 saturated heterocycles. The number of aromatic amines is 1. The van der Waals surface area contributed by atoms with Crippen molar-refractivity contribution in [3.63, 3.8) is 0 Å². The van der Waals surface area contributed by atoms with Gasteiger partial charge < -0.3 is 15.2 Å². The molecule has 0 amide bonds. The summed E-state index contributed by atoms with van der Waals surface area (Å²) < 4.78 is 21.3. The number of aryl methyl sites for hydroxylation is 1. The van der Waals surface area contributed by atoms with Crippen LogP contribution in [-0.4, -0.2) is 42.1 Å². The van der Waals surface area contributed by atoms with E-state index in [1.54, 1.807) is 30.5 Å². The summed E-state index contributed by atoms with van der Waals surface area (Å²) in [5, 5.41) is 25.0. The number of halogens is 1. The number of rotatable bonds is 8. The lowest BCUT2D eigenvalue weighted by atomic mass is 10.1. The summed E-state index contributed by atoms with van der Waals surface area (Å²) >= 11 is 0. The first-order chi connectivity index (χ1) is 14.8. The molecule has 0 fully saturated rings. The Kier molecular flexibility index (Phi) is 5.71. The zero-order chi connectivity index (χ0) is 22.0. The van der Waals surface area contributed by atoms with Gasteiger partial charge in [0.2, 0.25) is 0 Å². The molecule has 162 valence electrons. The van der Waals surface area contributed by atoms with Gasteiger partial charge in [-0.2, -0.15) is 5.10 Å². The molecular weight excluding hydrogens is 399 g/mol.